The molecule has 2 aromatic heterocycles. The Hall–Kier alpha value is -3.79. The first-order valence-corrected chi connectivity index (χ1v) is 11.5. The lowest BCUT2D eigenvalue weighted by Gasteiger charge is -2.35. The Balaban J connectivity index is 1.33. The number of nitrogens with zero attached hydrogens (tertiary/aromatic N) is 5. The molecular formula is C24H22FN5O3S. The third kappa shape index (κ3) is 4.01. The summed E-state index contributed by atoms with van der Waals surface area (Å²) in [5, 5.41) is 0. The lowest BCUT2D eigenvalue weighted by Crippen LogP contribution is -2.49. The molecular weight excluding hydrogens is 457 g/mol. The van der Waals surface area contributed by atoms with Crippen molar-refractivity contribution in [2.45, 2.75) is 0 Å². The number of carbonyl (C=O) groups excluding carboxylic acids is 1. The fourth-order valence-electron chi connectivity index (χ4n) is 4.05. The van der Waals surface area contributed by atoms with Crippen molar-refractivity contribution in [1.29, 1.82) is 0 Å². The van der Waals surface area contributed by atoms with Crippen LogP contribution in [0.3, 0.4) is 0 Å². The van der Waals surface area contributed by atoms with E-state index in [1.165, 1.54) is 30.0 Å². The average Bonchev–Trinajstić information content (AvgIpc) is 3.33. The van der Waals surface area contributed by atoms with Gasteiger partial charge in [0.15, 0.2) is 17.3 Å². The van der Waals surface area contributed by atoms with Crippen molar-refractivity contribution in [1.82, 2.24) is 19.2 Å². The molecule has 0 radical (unpaired) electrons. The van der Waals surface area contributed by atoms with Crippen LogP contribution in [0.5, 0.6) is 11.5 Å². The van der Waals surface area contributed by atoms with Gasteiger partial charge in [-0.2, -0.15) is 4.37 Å². The number of fused-ring (bicyclic) bond motifs is 1. The van der Waals surface area contributed by atoms with Crippen LogP contribution in [-0.4, -0.2) is 65.5 Å². The second kappa shape index (κ2) is 9.22. The predicted octanol–water partition coefficient (Wildman–Crippen LogP) is 3.87. The summed E-state index contributed by atoms with van der Waals surface area (Å²) in [5.74, 6) is 1.57. The minimum absolute atomic E-state index is 0.0511. The Morgan fingerprint density at radius 1 is 0.971 bits per heavy atom. The highest BCUT2D eigenvalue weighted by atomic mass is 32.1. The SMILES string of the molecule is COc1ccc(C(=O)N2CCN(c3ncnc4c(-c5ccc(F)cc5)nsc34)CC2)cc1OC. The third-order valence-corrected chi connectivity index (χ3v) is 6.68. The maximum Gasteiger partial charge on any atom is 0.254 e. The number of anilines is 1. The molecule has 5 rings (SSSR count). The number of aromatic nitrogens is 3. The van der Waals surface area contributed by atoms with Crippen LogP contribution in [-0.2, 0) is 0 Å². The van der Waals surface area contributed by atoms with Crippen LogP contribution in [0, 0.1) is 5.82 Å². The zero-order valence-electron chi connectivity index (χ0n) is 18.7. The van der Waals surface area contributed by atoms with Gasteiger partial charge in [-0.25, -0.2) is 14.4 Å². The van der Waals surface area contributed by atoms with Crippen molar-refractivity contribution in [3.63, 3.8) is 0 Å². The lowest BCUT2D eigenvalue weighted by atomic mass is 10.1. The molecule has 1 aliphatic heterocycles. The number of hydrogen-bond donors (Lipinski definition) is 0. The second-order valence-electron chi connectivity index (χ2n) is 7.76. The van der Waals surface area contributed by atoms with Gasteiger partial charge in [0.2, 0.25) is 0 Å². The quantitative estimate of drug-likeness (QED) is 0.430. The van der Waals surface area contributed by atoms with Gasteiger partial charge in [0.05, 0.1) is 14.2 Å². The Labute approximate surface area is 199 Å². The summed E-state index contributed by atoms with van der Waals surface area (Å²) in [6, 6.07) is 11.4. The third-order valence-electron chi connectivity index (χ3n) is 5.85. The van der Waals surface area contributed by atoms with Crippen LogP contribution in [0.2, 0.25) is 0 Å². The molecule has 34 heavy (non-hydrogen) atoms. The normalized spacial score (nSPS) is 13.9. The molecule has 1 amide bonds. The van der Waals surface area contributed by atoms with Gasteiger partial charge < -0.3 is 19.3 Å². The summed E-state index contributed by atoms with van der Waals surface area (Å²) < 4.78 is 29.4. The van der Waals surface area contributed by atoms with Crippen LogP contribution in [0.15, 0.2) is 48.8 Å². The maximum atomic E-state index is 13.3. The zero-order chi connectivity index (χ0) is 23.7. The summed E-state index contributed by atoms with van der Waals surface area (Å²) >= 11 is 1.33. The van der Waals surface area contributed by atoms with E-state index in [0.717, 1.165) is 21.6 Å². The molecule has 8 nitrogen and oxygen atoms in total. The molecule has 1 saturated heterocycles. The molecule has 0 unspecified atom stereocenters. The molecule has 1 fully saturated rings. The van der Waals surface area contributed by atoms with Gasteiger partial charge in [0, 0.05) is 37.3 Å². The molecule has 10 heteroatoms. The number of rotatable bonds is 5. The van der Waals surface area contributed by atoms with E-state index >= 15 is 0 Å². The molecule has 2 aromatic carbocycles. The molecule has 174 valence electrons. The van der Waals surface area contributed by atoms with Gasteiger partial charge in [0.1, 0.15) is 28.1 Å². The van der Waals surface area contributed by atoms with Crippen LogP contribution >= 0.6 is 11.5 Å². The fourth-order valence-corrected chi connectivity index (χ4v) is 4.92. The highest BCUT2D eigenvalue weighted by Crippen LogP contribution is 2.35. The van der Waals surface area contributed by atoms with E-state index in [9.17, 15) is 9.18 Å². The molecule has 0 bridgehead atoms. The first-order valence-electron chi connectivity index (χ1n) is 10.7. The minimum atomic E-state index is -0.292. The van der Waals surface area contributed by atoms with Crippen LogP contribution in [0.1, 0.15) is 10.4 Å². The average molecular weight is 480 g/mol. The number of ether oxygens (including phenoxy) is 2. The van der Waals surface area contributed by atoms with E-state index in [0.29, 0.717) is 48.9 Å². The summed E-state index contributed by atoms with van der Waals surface area (Å²) in [6.07, 6.45) is 1.53. The second-order valence-corrected chi connectivity index (χ2v) is 8.54. The van der Waals surface area contributed by atoms with E-state index in [-0.39, 0.29) is 11.7 Å². The highest BCUT2D eigenvalue weighted by Gasteiger charge is 2.26. The lowest BCUT2D eigenvalue weighted by molar-refractivity contribution is 0.0746. The molecule has 1 aliphatic rings. The smallest absolute Gasteiger partial charge is 0.254 e. The molecule has 3 heterocycles. The fraction of sp³-hybridized carbons (Fsp3) is 0.250. The van der Waals surface area contributed by atoms with E-state index in [2.05, 4.69) is 19.2 Å². The number of methoxy groups -OCH3 is 2. The molecule has 0 aliphatic carbocycles. The first-order chi connectivity index (χ1) is 16.6. The Kier molecular flexibility index (Phi) is 5.97. The summed E-state index contributed by atoms with van der Waals surface area (Å²) in [4.78, 5) is 26.0. The van der Waals surface area contributed by atoms with Crippen LogP contribution in [0.25, 0.3) is 21.5 Å². The van der Waals surface area contributed by atoms with Gasteiger partial charge >= 0.3 is 0 Å². The topological polar surface area (TPSA) is 80.7 Å². The van der Waals surface area contributed by atoms with E-state index in [4.69, 9.17) is 9.47 Å². The summed E-state index contributed by atoms with van der Waals surface area (Å²) in [7, 11) is 3.11. The molecule has 0 atom stereocenters. The minimum Gasteiger partial charge on any atom is -0.493 e. The standard InChI is InChI=1S/C24H22FN5O3S/c1-32-18-8-5-16(13-19(18)33-2)24(31)30-11-9-29(10-12-30)23-22-21(26-14-27-23)20(28-34-22)15-3-6-17(25)7-4-15/h3-8,13-14H,9-12H2,1-2H3. The number of halogens is 1. The first kappa shape index (κ1) is 22.0. The largest absolute Gasteiger partial charge is 0.493 e. The number of hydrogen-bond acceptors (Lipinski definition) is 8. The van der Waals surface area contributed by atoms with Crippen molar-refractivity contribution in [2.24, 2.45) is 0 Å². The zero-order valence-corrected chi connectivity index (χ0v) is 19.5. The number of amides is 1. The van der Waals surface area contributed by atoms with Gasteiger partial charge in [-0.3, -0.25) is 4.79 Å². The number of carbonyl (C=O) groups is 1. The van der Waals surface area contributed by atoms with Crippen LogP contribution < -0.4 is 14.4 Å². The van der Waals surface area contributed by atoms with Gasteiger partial charge in [0.25, 0.3) is 5.91 Å². The Morgan fingerprint density at radius 3 is 2.41 bits per heavy atom. The van der Waals surface area contributed by atoms with Crippen molar-refractivity contribution in [3.8, 4) is 22.8 Å². The molecule has 4 aromatic rings. The van der Waals surface area contributed by atoms with Gasteiger partial charge in [-0.05, 0) is 54.0 Å². The predicted molar refractivity (Wildman–Crippen MR) is 128 cm³/mol. The Bertz CT molecular complexity index is 1340. The van der Waals surface area contributed by atoms with Crippen molar-refractivity contribution >= 4 is 33.5 Å². The van der Waals surface area contributed by atoms with Crippen molar-refractivity contribution < 1.29 is 18.7 Å². The maximum absolute atomic E-state index is 13.3. The number of piperazine rings is 1. The molecule has 0 N–H and O–H groups in total. The number of benzene rings is 2. The Morgan fingerprint density at radius 2 is 1.71 bits per heavy atom. The molecule has 0 saturated carbocycles. The highest BCUT2D eigenvalue weighted by molar-refractivity contribution is 7.14. The van der Waals surface area contributed by atoms with Crippen molar-refractivity contribution in [2.75, 3.05) is 45.3 Å². The molecule has 0 spiro atoms. The van der Waals surface area contributed by atoms with Gasteiger partial charge in [-0.15, -0.1) is 0 Å². The van der Waals surface area contributed by atoms with E-state index < -0.39 is 0 Å². The van der Waals surface area contributed by atoms with Crippen LogP contribution in [0.4, 0.5) is 10.2 Å². The van der Waals surface area contributed by atoms with E-state index in [1.807, 2.05) is 4.90 Å². The summed E-state index contributed by atoms with van der Waals surface area (Å²) in [5.41, 5.74) is 2.82. The van der Waals surface area contributed by atoms with Gasteiger partial charge in [-0.1, -0.05) is 0 Å². The van der Waals surface area contributed by atoms with E-state index in [1.54, 1.807) is 44.6 Å². The summed E-state index contributed by atoms with van der Waals surface area (Å²) in [6.45, 7) is 2.38. The monoisotopic (exact) mass is 479 g/mol. The van der Waals surface area contributed by atoms with Crippen molar-refractivity contribution in [3.05, 3.63) is 60.2 Å².